The molecule has 1 fully saturated rings. The highest BCUT2D eigenvalue weighted by Crippen LogP contribution is 2.29. The maximum absolute atomic E-state index is 14.4. The molecule has 8 nitrogen and oxygen atoms in total. The van der Waals surface area contributed by atoms with Crippen molar-refractivity contribution in [3.05, 3.63) is 46.4 Å². The molecule has 3 heterocycles. The van der Waals surface area contributed by atoms with E-state index < -0.39 is 22.8 Å². The number of aryl methyl sites for hydroxylation is 1. The van der Waals surface area contributed by atoms with Gasteiger partial charge in [0.2, 0.25) is 11.9 Å². The van der Waals surface area contributed by atoms with Gasteiger partial charge < -0.3 is 16.0 Å². The quantitative estimate of drug-likeness (QED) is 0.646. The second kappa shape index (κ2) is 6.80. The fourth-order valence-electron chi connectivity index (χ4n) is 3.32. The van der Waals surface area contributed by atoms with Gasteiger partial charge in [0.05, 0.1) is 22.9 Å². The Balaban J connectivity index is 1.73. The predicted octanol–water partition coefficient (Wildman–Crippen LogP) is 1.50. The molecular weight excluding hydrogens is 382 g/mol. The number of nitrogens with one attached hydrogen (secondary N) is 1. The van der Waals surface area contributed by atoms with Crippen molar-refractivity contribution in [2.24, 2.45) is 7.05 Å². The van der Waals surface area contributed by atoms with E-state index in [1.54, 1.807) is 4.90 Å². The Hall–Kier alpha value is -3.56. The number of anilines is 2. The van der Waals surface area contributed by atoms with Gasteiger partial charge in [-0.25, -0.2) is 13.8 Å². The Kier molecular flexibility index (Phi) is 4.40. The number of nitrogens with two attached hydrogens (primary N) is 1. The van der Waals surface area contributed by atoms with Gasteiger partial charge in [0.1, 0.15) is 11.5 Å². The lowest BCUT2D eigenvalue weighted by molar-refractivity contribution is -0.132. The van der Waals surface area contributed by atoms with E-state index >= 15 is 0 Å². The summed E-state index contributed by atoms with van der Waals surface area (Å²) in [4.78, 5) is 34.3. The van der Waals surface area contributed by atoms with Gasteiger partial charge in [-0.05, 0) is 18.2 Å². The standard InChI is InChI=1S/C19H18F2N6O2/c1-9(28)27-7-11(8-27)24-19-23-6-10-5-12(18(29)26(2)17(10)25-19)15-13(20)3-4-14(22)16(15)21/h3-6,11H,7-8,22H2,1-2H3,(H,23,24,25). The molecule has 150 valence electrons. The highest BCUT2D eigenvalue weighted by Gasteiger charge is 2.29. The smallest absolute Gasteiger partial charge is 0.260 e. The topological polar surface area (TPSA) is 106 Å². The highest BCUT2D eigenvalue weighted by molar-refractivity contribution is 5.82. The van der Waals surface area contributed by atoms with Crippen LogP contribution in [0.4, 0.5) is 20.4 Å². The van der Waals surface area contributed by atoms with Gasteiger partial charge in [-0.3, -0.25) is 14.2 Å². The number of carbonyl (C=O) groups excluding carboxylic acids is 1. The van der Waals surface area contributed by atoms with Gasteiger partial charge in [-0.15, -0.1) is 0 Å². The Morgan fingerprint density at radius 3 is 2.72 bits per heavy atom. The highest BCUT2D eigenvalue weighted by atomic mass is 19.1. The molecule has 3 aromatic rings. The number of benzene rings is 1. The maximum atomic E-state index is 14.4. The predicted molar refractivity (Wildman–Crippen MR) is 104 cm³/mol. The summed E-state index contributed by atoms with van der Waals surface area (Å²) in [5.41, 5.74) is 4.34. The van der Waals surface area contributed by atoms with Crippen LogP contribution in [0.15, 0.2) is 29.2 Å². The molecule has 1 aromatic carbocycles. The molecule has 1 amide bonds. The summed E-state index contributed by atoms with van der Waals surface area (Å²) >= 11 is 0. The molecule has 0 atom stereocenters. The lowest BCUT2D eigenvalue weighted by Gasteiger charge is -2.38. The molecule has 0 unspecified atom stereocenters. The molecule has 10 heteroatoms. The average Bonchev–Trinajstić information content (AvgIpc) is 2.65. The van der Waals surface area contributed by atoms with Gasteiger partial charge in [-0.2, -0.15) is 4.98 Å². The first kappa shape index (κ1) is 18.8. The van der Waals surface area contributed by atoms with Gasteiger partial charge in [-0.1, -0.05) is 0 Å². The third kappa shape index (κ3) is 3.16. The number of likely N-dealkylation sites (tertiary alicyclic amines) is 1. The lowest BCUT2D eigenvalue weighted by atomic mass is 10.0. The van der Waals surface area contributed by atoms with Crippen LogP contribution in [0.2, 0.25) is 0 Å². The number of aromatic nitrogens is 3. The van der Waals surface area contributed by atoms with Crippen molar-refractivity contribution < 1.29 is 13.6 Å². The monoisotopic (exact) mass is 400 g/mol. The SMILES string of the molecule is CC(=O)N1CC(Nc2ncc3cc(-c4c(F)ccc(N)c4F)c(=O)n(C)c3n2)C1. The second-order valence-electron chi connectivity index (χ2n) is 6.99. The minimum atomic E-state index is -0.985. The van der Waals surface area contributed by atoms with Crippen LogP contribution >= 0.6 is 0 Å². The number of fused-ring (bicyclic) bond motifs is 1. The molecule has 29 heavy (non-hydrogen) atoms. The fraction of sp³-hybridized carbons (Fsp3) is 0.263. The maximum Gasteiger partial charge on any atom is 0.260 e. The third-order valence-corrected chi connectivity index (χ3v) is 5.00. The van der Waals surface area contributed by atoms with Gasteiger partial charge in [0.25, 0.3) is 5.56 Å². The van der Waals surface area contributed by atoms with Crippen molar-refractivity contribution in [1.29, 1.82) is 0 Å². The Morgan fingerprint density at radius 2 is 2.03 bits per heavy atom. The van der Waals surface area contributed by atoms with Gasteiger partial charge >= 0.3 is 0 Å². The number of halogens is 2. The molecule has 3 N–H and O–H groups in total. The van der Waals surface area contributed by atoms with E-state index in [0.29, 0.717) is 30.1 Å². The Bertz CT molecular complexity index is 1200. The average molecular weight is 400 g/mol. The van der Waals surface area contributed by atoms with Crippen LogP contribution in [0.1, 0.15) is 6.92 Å². The van der Waals surface area contributed by atoms with Crippen molar-refractivity contribution in [2.45, 2.75) is 13.0 Å². The number of nitrogen functional groups attached to an aromatic ring is 1. The largest absolute Gasteiger partial charge is 0.396 e. The number of carbonyl (C=O) groups is 1. The summed E-state index contributed by atoms with van der Waals surface area (Å²) in [6.07, 6.45) is 1.47. The lowest BCUT2D eigenvalue weighted by Crippen LogP contribution is -2.56. The van der Waals surface area contributed by atoms with E-state index in [9.17, 15) is 18.4 Å². The zero-order valence-electron chi connectivity index (χ0n) is 15.7. The van der Waals surface area contributed by atoms with Crippen LogP contribution < -0.4 is 16.6 Å². The van der Waals surface area contributed by atoms with Crippen molar-refractivity contribution in [1.82, 2.24) is 19.4 Å². The minimum Gasteiger partial charge on any atom is -0.396 e. The molecule has 0 saturated carbocycles. The zero-order chi connectivity index (χ0) is 20.9. The van der Waals surface area contributed by atoms with Crippen molar-refractivity contribution in [3.8, 4) is 11.1 Å². The molecule has 4 rings (SSSR count). The first-order chi connectivity index (χ1) is 13.8. The van der Waals surface area contributed by atoms with Crippen LogP contribution in [0, 0.1) is 11.6 Å². The third-order valence-electron chi connectivity index (χ3n) is 5.00. The van der Waals surface area contributed by atoms with Crippen molar-refractivity contribution >= 4 is 28.6 Å². The first-order valence-corrected chi connectivity index (χ1v) is 8.89. The molecule has 1 saturated heterocycles. The number of amides is 1. The number of pyridine rings is 1. The van der Waals surface area contributed by atoms with Crippen LogP contribution in [-0.4, -0.2) is 44.5 Å². The van der Waals surface area contributed by atoms with E-state index in [-0.39, 0.29) is 23.2 Å². The van der Waals surface area contributed by atoms with E-state index in [4.69, 9.17) is 5.73 Å². The Labute approximate surface area is 164 Å². The molecule has 1 aliphatic rings. The number of nitrogens with zero attached hydrogens (tertiary/aromatic N) is 4. The first-order valence-electron chi connectivity index (χ1n) is 8.89. The summed E-state index contributed by atoms with van der Waals surface area (Å²) < 4.78 is 29.9. The van der Waals surface area contributed by atoms with Crippen LogP contribution in [0.5, 0.6) is 0 Å². The zero-order valence-corrected chi connectivity index (χ0v) is 15.7. The van der Waals surface area contributed by atoms with E-state index in [0.717, 1.165) is 12.1 Å². The van der Waals surface area contributed by atoms with Crippen molar-refractivity contribution in [2.75, 3.05) is 24.1 Å². The molecule has 0 spiro atoms. The van der Waals surface area contributed by atoms with E-state index in [1.165, 1.54) is 30.8 Å². The van der Waals surface area contributed by atoms with Gasteiger partial charge in [0.15, 0.2) is 5.82 Å². The Morgan fingerprint density at radius 1 is 1.31 bits per heavy atom. The summed E-state index contributed by atoms with van der Waals surface area (Å²) in [7, 11) is 1.47. The molecule has 1 aliphatic heterocycles. The van der Waals surface area contributed by atoms with Crippen LogP contribution in [0.3, 0.4) is 0 Å². The molecule has 0 aliphatic carbocycles. The number of hydrogen-bond donors (Lipinski definition) is 2. The van der Waals surface area contributed by atoms with Crippen LogP contribution in [0.25, 0.3) is 22.2 Å². The molecule has 0 bridgehead atoms. The van der Waals surface area contributed by atoms with E-state index in [1.807, 2.05) is 0 Å². The number of hydrogen-bond acceptors (Lipinski definition) is 6. The molecule has 0 radical (unpaired) electrons. The summed E-state index contributed by atoms with van der Waals surface area (Å²) in [5.74, 6) is -1.57. The second-order valence-corrected chi connectivity index (χ2v) is 6.99. The van der Waals surface area contributed by atoms with E-state index in [2.05, 4.69) is 15.3 Å². The summed E-state index contributed by atoms with van der Waals surface area (Å²) in [6, 6.07) is 3.49. The molecular formula is C19H18F2N6O2. The number of rotatable bonds is 3. The fourth-order valence-corrected chi connectivity index (χ4v) is 3.32. The normalized spacial score (nSPS) is 14.1. The van der Waals surface area contributed by atoms with Crippen molar-refractivity contribution in [3.63, 3.8) is 0 Å². The minimum absolute atomic E-state index is 0.00146. The van der Waals surface area contributed by atoms with Gasteiger partial charge in [0, 0.05) is 38.6 Å². The summed E-state index contributed by atoms with van der Waals surface area (Å²) in [5, 5.41) is 3.54. The molecule has 2 aromatic heterocycles. The summed E-state index contributed by atoms with van der Waals surface area (Å²) in [6.45, 7) is 2.59. The van der Waals surface area contributed by atoms with Crippen LogP contribution in [-0.2, 0) is 11.8 Å².